The van der Waals surface area contributed by atoms with Gasteiger partial charge in [0.05, 0.1) is 39.1 Å². The molecular formula is C14H9Cl2N5O3S. The molecule has 0 aliphatic carbocycles. The third kappa shape index (κ3) is 3.46. The molecule has 1 aromatic carbocycles. The minimum Gasteiger partial charge on any atom is -0.306 e. The number of amides is 2. The topological polar surface area (TPSA) is 124 Å². The molecule has 25 heavy (non-hydrogen) atoms. The molecular weight excluding hydrogens is 389 g/mol. The van der Waals surface area contributed by atoms with E-state index in [0.29, 0.717) is 0 Å². The Morgan fingerprint density at radius 3 is 2.72 bits per heavy atom. The predicted octanol–water partition coefficient (Wildman–Crippen LogP) is 3.16. The second-order valence-electron chi connectivity index (χ2n) is 5.03. The Kier molecular flexibility index (Phi) is 4.43. The Hall–Kier alpha value is -2.54. The highest BCUT2D eigenvalue weighted by atomic mass is 35.5. The molecule has 128 valence electrons. The number of carbonyl (C=O) groups excluding carboxylic acids is 1. The fraction of sp³-hybridized carbons (Fsp3) is 0.0714. The Labute approximate surface area is 152 Å². The Morgan fingerprint density at radius 1 is 1.28 bits per heavy atom. The van der Waals surface area contributed by atoms with E-state index in [4.69, 9.17) is 28.5 Å². The van der Waals surface area contributed by atoms with E-state index in [-0.39, 0.29) is 44.1 Å². The number of halogens is 2. The highest BCUT2D eigenvalue weighted by Crippen LogP contribution is 2.35. The lowest BCUT2D eigenvalue weighted by Crippen LogP contribution is -2.20. The summed E-state index contributed by atoms with van der Waals surface area (Å²) in [6.07, 6.45) is 1.20. The Bertz CT molecular complexity index is 1030. The smallest absolute Gasteiger partial charge is 0.306 e. The first-order valence-electron chi connectivity index (χ1n) is 6.75. The van der Waals surface area contributed by atoms with Crippen molar-refractivity contribution in [3.05, 3.63) is 45.7 Å². The van der Waals surface area contributed by atoms with Gasteiger partial charge in [-0.25, -0.2) is 18.2 Å². The number of sulfonamides is 1. The lowest BCUT2D eigenvalue weighted by molar-refractivity contribution is 0.262. The van der Waals surface area contributed by atoms with Gasteiger partial charge >= 0.3 is 6.03 Å². The van der Waals surface area contributed by atoms with Crippen molar-refractivity contribution in [1.82, 2.24) is 4.98 Å². The molecule has 8 nitrogen and oxygen atoms in total. The van der Waals surface area contributed by atoms with Crippen LogP contribution in [0.4, 0.5) is 21.9 Å². The van der Waals surface area contributed by atoms with Crippen LogP contribution in [0.2, 0.25) is 10.0 Å². The third-order valence-corrected chi connectivity index (χ3v) is 5.33. The maximum Gasteiger partial charge on any atom is 0.323 e. The summed E-state index contributed by atoms with van der Waals surface area (Å²) < 4.78 is 25.8. The second-order valence-corrected chi connectivity index (χ2v) is 7.53. The maximum absolute atomic E-state index is 12.2. The zero-order valence-electron chi connectivity index (χ0n) is 12.3. The predicted molar refractivity (Wildman–Crippen MR) is 94.3 cm³/mol. The molecule has 1 aliphatic rings. The number of nitrogens with one attached hydrogen (secondary N) is 3. The van der Waals surface area contributed by atoms with Crippen molar-refractivity contribution in [1.29, 1.82) is 5.26 Å². The molecule has 0 atom stereocenters. The van der Waals surface area contributed by atoms with Crippen LogP contribution in [0.1, 0.15) is 11.3 Å². The molecule has 3 N–H and O–H groups in total. The molecule has 2 aromatic rings. The SMILES string of the molecule is N#Cc1ncc(NC(=O)Nc2cccc(Cl)c2Cl)c2c1CS(=O)(=O)N2. The van der Waals surface area contributed by atoms with Gasteiger partial charge in [-0.3, -0.25) is 4.72 Å². The summed E-state index contributed by atoms with van der Waals surface area (Å²) >= 11 is 11.9. The third-order valence-electron chi connectivity index (χ3n) is 3.33. The van der Waals surface area contributed by atoms with E-state index in [9.17, 15) is 13.2 Å². The minimum atomic E-state index is -3.62. The van der Waals surface area contributed by atoms with Crippen LogP contribution in [0.15, 0.2) is 24.4 Å². The highest BCUT2D eigenvalue weighted by Gasteiger charge is 2.30. The summed E-state index contributed by atoms with van der Waals surface area (Å²) in [7, 11) is -3.62. The molecule has 0 unspecified atom stereocenters. The van der Waals surface area contributed by atoms with Crippen LogP contribution >= 0.6 is 23.2 Å². The van der Waals surface area contributed by atoms with E-state index in [1.54, 1.807) is 18.2 Å². The van der Waals surface area contributed by atoms with E-state index in [0.717, 1.165) is 0 Å². The molecule has 1 aliphatic heterocycles. The van der Waals surface area contributed by atoms with E-state index >= 15 is 0 Å². The Balaban J connectivity index is 1.87. The number of hydrogen-bond donors (Lipinski definition) is 3. The van der Waals surface area contributed by atoms with Gasteiger partial charge in [-0.1, -0.05) is 29.3 Å². The molecule has 0 bridgehead atoms. The molecule has 11 heteroatoms. The van der Waals surface area contributed by atoms with Crippen molar-refractivity contribution in [2.75, 3.05) is 15.4 Å². The number of hydrogen-bond acceptors (Lipinski definition) is 5. The number of nitriles is 1. The lowest BCUT2D eigenvalue weighted by atomic mass is 10.1. The van der Waals surface area contributed by atoms with Gasteiger partial charge < -0.3 is 10.6 Å². The van der Waals surface area contributed by atoms with Crippen LogP contribution in [0.3, 0.4) is 0 Å². The van der Waals surface area contributed by atoms with E-state index < -0.39 is 16.1 Å². The zero-order valence-corrected chi connectivity index (χ0v) is 14.6. The van der Waals surface area contributed by atoms with Gasteiger partial charge in [-0.05, 0) is 12.1 Å². The normalized spacial score (nSPS) is 14.1. The molecule has 2 heterocycles. The minimum absolute atomic E-state index is 0.0209. The highest BCUT2D eigenvalue weighted by molar-refractivity contribution is 7.92. The monoisotopic (exact) mass is 397 g/mol. The Morgan fingerprint density at radius 2 is 2.00 bits per heavy atom. The van der Waals surface area contributed by atoms with Crippen LogP contribution in [-0.2, 0) is 15.8 Å². The van der Waals surface area contributed by atoms with Crippen LogP contribution in [0, 0.1) is 11.3 Å². The van der Waals surface area contributed by atoms with Gasteiger partial charge in [0, 0.05) is 5.56 Å². The molecule has 0 fully saturated rings. The quantitative estimate of drug-likeness (QED) is 0.717. The molecule has 0 saturated carbocycles. The number of nitrogens with zero attached hydrogens (tertiary/aromatic N) is 2. The first kappa shape index (κ1) is 17.3. The van der Waals surface area contributed by atoms with Crippen molar-refractivity contribution >= 4 is 56.3 Å². The van der Waals surface area contributed by atoms with Gasteiger partial charge in [0.25, 0.3) is 0 Å². The molecule has 0 spiro atoms. The van der Waals surface area contributed by atoms with Crippen LogP contribution in [0.5, 0.6) is 0 Å². The van der Waals surface area contributed by atoms with E-state index in [1.807, 2.05) is 6.07 Å². The summed E-state index contributed by atoms with van der Waals surface area (Å²) in [6.45, 7) is 0. The molecule has 0 radical (unpaired) electrons. The van der Waals surface area contributed by atoms with Crippen molar-refractivity contribution in [3.63, 3.8) is 0 Å². The summed E-state index contributed by atoms with van der Waals surface area (Å²) in [5.74, 6) is -0.379. The second kappa shape index (κ2) is 6.40. The lowest BCUT2D eigenvalue weighted by Gasteiger charge is -2.12. The van der Waals surface area contributed by atoms with Gasteiger partial charge in [-0.2, -0.15) is 5.26 Å². The van der Waals surface area contributed by atoms with E-state index in [2.05, 4.69) is 20.3 Å². The summed E-state index contributed by atoms with van der Waals surface area (Å²) in [5.41, 5.74) is 0.712. The zero-order chi connectivity index (χ0) is 18.2. The number of anilines is 3. The molecule has 3 rings (SSSR count). The van der Waals surface area contributed by atoms with Crippen LogP contribution in [-0.4, -0.2) is 19.4 Å². The standard InChI is InChI=1S/C14H9Cl2N5O3S/c15-8-2-1-3-9(12(8)16)19-14(22)20-11-5-18-10(4-17)7-6-25(23,24)21-13(7)11/h1-3,5,21H,6H2,(H2,19,20,22). The van der Waals surface area contributed by atoms with Crippen molar-refractivity contribution in [3.8, 4) is 6.07 Å². The molecule has 1 aromatic heterocycles. The number of fused-ring (bicyclic) bond motifs is 1. The molecule has 0 saturated heterocycles. The number of benzene rings is 1. The first-order chi connectivity index (χ1) is 11.8. The van der Waals surface area contributed by atoms with Crippen LogP contribution in [0.25, 0.3) is 0 Å². The number of carbonyl (C=O) groups is 1. The van der Waals surface area contributed by atoms with Gasteiger partial charge in [-0.15, -0.1) is 0 Å². The van der Waals surface area contributed by atoms with Crippen molar-refractivity contribution < 1.29 is 13.2 Å². The number of pyridine rings is 1. The average Bonchev–Trinajstić information content (AvgIpc) is 2.88. The van der Waals surface area contributed by atoms with Gasteiger partial charge in [0.1, 0.15) is 11.8 Å². The number of aromatic nitrogens is 1. The van der Waals surface area contributed by atoms with Crippen molar-refractivity contribution in [2.24, 2.45) is 0 Å². The average molecular weight is 398 g/mol. The van der Waals surface area contributed by atoms with Gasteiger partial charge in [0.2, 0.25) is 10.0 Å². The first-order valence-corrected chi connectivity index (χ1v) is 9.16. The molecule has 2 amide bonds. The van der Waals surface area contributed by atoms with Gasteiger partial charge in [0.15, 0.2) is 0 Å². The number of urea groups is 1. The summed E-state index contributed by atoms with van der Waals surface area (Å²) in [6, 6.07) is 5.88. The summed E-state index contributed by atoms with van der Waals surface area (Å²) in [4.78, 5) is 16.0. The fourth-order valence-corrected chi connectivity index (χ4v) is 3.88. The van der Waals surface area contributed by atoms with Crippen LogP contribution < -0.4 is 15.4 Å². The van der Waals surface area contributed by atoms with E-state index in [1.165, 1.54) is 6.20 Å². The summed E-state index contributed by atoms with van der Waals surface area (Å²) in [5, 5.41) is 14.5. The van der Waals surface area contributed by atoms with Crippen molar-refractivity contribution in [2.45, 2.75) is 5.75 Å². The maximum atomic E-state index is 12.2. The number of rotatable bonds is 2. The fourth-order valence-electron chi connectivity index (χ4n) is 2.26. The largest absolute Gasteiger partial charge is 0.323 e.